The molecule has 9 heteroatoms. The molecule has 24 heavy (non-hydrogen) atoms. The summed E-state index contributed by atoms with van der Waals surface area (Å²) in [6.07, 6.45) is -1.11. The molecule has 3 amide bonds. The number of nitrogens with two attached hydrogens (primary N) is 1. The molecule has 0 spiro atoms. The lowest BCUT2D eigenvalue weighted by molar-refractivity contribution is -0.153. The second kappa shape index (κ2) is 8.97. The SMILES string of the molecule is COc1cc(Cl)c(C)cc1NC(=O)[C@@H](C)OC(=O)CCNC(N)=O. The highest BCUT2D eigenvalue weighted by Crippen LogP contribution is 2.31. The molecule has 1 rings (SSSR count). The number of benzene rings is 1. The summed E-state index contributed by atoms with van der Waals surface area (Å²) in [5.41, 5.74) is 6.06. The van der Waals surface area contributed by atoms with Crippen molar-refractivity contribution in [3.8, 4) is 5.75 Å². The monoisotopic (exact) mass is 357 g/mol. The van der Waals surface area contributed by atoms with Gasteiger partial charge in [0.15, 0.2) is 6.10 Å². The van der Waals surface area contributed by atoms with E-state index in [2.05, 4.69) is 10.6 Å². The zero-order chi connectivity index (χ0) is 18.3. The quantitative estimate of drug-likeness (QED) is 0.640. The van der Waals surface area contributed by atoms with Crippen LogP contribution in [0.15, 0.2) is 12.1 Å². The Bertz CT molecular complexity index is 636. The molecule has 0 aliphatic heterocycles. The lowest BCUT2D eigenvalue weighted by atomic mass is 10.2. The maximum Gasteiger partial charge on any atom is 0.312 e. The van der Waals surface area contributed by atoms with Gasteiger partial charge in [0.25, 0.3) is 5.91 Å². The number of urea groups is 1. The molecule has 0 aromatic heterocycles. The number of ether oxygens (including phenoxy) is 2. The molecule has 0 bridgehead atoms. The molecule has 0 aliphatic rings. The van der Waals surface area contributed by atoms with Crippen LogP contribution in [0.2, 0.25) is 5.02 Å². The number of rotatable bonds is 7. The van der Waals surface area contributed by atoms with E-state index in [1.165, 1.54) is 14.0 Å². The number of primary amides is 1. The first-order valence-electron chi connectivity index (χ1n) is 7.12. The van der Waals surface area contributed by atoms with E-state index in [4.69, 9.17) is 26.8 Å². The number of nitrogens with one attached hydrogen (secondary N) is 2. The lowest BCUT2D eigenvalue weighted by Gasteiger charge is -2.16. The molecule has 1 aromatic rings. The van der Waals surface area contributed by atoms with E-state index in [-0.39, 0.29) is 13.0 Å². The highest BCUT2D eigenvalue weighted by atomic mass is 35.5. The van der Waals surface area contributed by atoms with Crippen LogP contribution in [-0.2, 0) is 14.3 Å². The number of methoxy groups -OCH3 is 1. The van der Waals surface area contributed by atoms with Gasteiger partial charge in [-0.2, -0.15) is 0 Å². The Morgan fingerprint density at radius 1 is 1.33 bits per heavy atom. The Morgan fingerprint density at radius 2 is 2.00 bits per heavy atom. The number of halogens is 1. The Morgan fingerprint density at radius 3 is 2.58 bits per heavy atom. The van der Waals surface area contributed by atoms with E-state index in [1.807, 2.05) is 0 Å². The van der Waals surface area contributed by atoms with Gasteiger partial charge in [-0.1, -0.05) is 11.6 Å². The minimum Gasteiger partial charge on any atom is -0.495 e. The van der Waals surface area contributed by atoms with Crippen molar-refractivity contribution in [3.63, 3.8) is 0 Å². The molecule has 0 saturated heterocycles. The van der Waals surface area contributed by atoms with Gasteiger partial charge in [-0.3, -0.25) is 9.59 Å². The average molecular weight is 358 g/mol. The second-order valence-corrected chi connectivity index (χ2v) is 5.37. The third-order valence-corrected chi connectivity index (χ3v) is 3.45. The lowest BCUT2D eigenvalue weighted by Crippen LogP contribution is -2.33. The standard InChI is InChI=1S/C15H20ClN3O5/c1-8-6-11(12(23-3)7-10(8)16)19-14(21)9(2)24-13(20)4-5-18-15(17)22/h6-7,9H,4-5H2,1-3H3,(H,19,21)(H3,17,18,22)/t9-/m1/s1. The van der Waals surface area contributed by atoms with E-state index in [1.54, 1.807) is 19.1 Å². The minimum absolute atomic E-state index is 0.0344. The third-order valence-electron chi connectivity index (χ3n) is 3.04. The third kappa shape index (κ3) is 5.96. The Balaban J connectivity index is 2.62. The Labute approximate surface area is 144 Å². The summed E-state index contributed by atoms with van der Waals surface area (Å²) in [7, 11) is 1.45. The van der Waals surface area contributed by atoms with Crippen molar-refractivity contribution in [3.05, 3.63) is 22.7 Å². The summed E-state index contributed by atoms with van der Waals surface area (Å²) in [4.78, 5) is 34.2. The number of amides is 3. The summed E-state index contributed by atoms with van der Waals surface area (Å²) in [6, 6.07) is 2.50. The molecule has 0 aliphatic carbocycles. The predicted molar refractivity (Wildman–Crippen MR) is 89.1 cm³/mol. The van der Waals surface area contributed by atoms with Gasteiger partial charge >= 0.3 is 12.0 Å². The molecule has 0 heterocycles. The highest BCUT2D eigenvalue weighted by molar-refractivity contribution is 6.31. The zero-order valence-electron chi connectivity index (χ0n) is 13.6. The van der Waals surface area contributed by atoms with Gasteiger partial charge in [0.2, 0.25) is 0 Å². The van der Waals surface area contributed by atoms with Crippen LogP contribution >= 0.6 is 11.6 Å². The van der Waals surface area contributed by atoms with Crippen molar-refractivity contribution in [2.75, 3.05) is 19.0 Å². The molecule has 1 aromatic carbocycles. The Hall–Kier alpha value is -2.48. The second-order valence-electron chi connectivity index (χ2n) is 4.96. The van der Waals surface area contributed by atoms with Gasteiger partial charge in [0.1, 0.15) is 5.75 Å². The maximum absolute atomic E-state index is 12.1. The van der Waals surface area contributed by atoms with E-state index >= 15 is 0 Å². The van der Waals surface area contributed by atoms with Crippen LogP contribution in [-0.4, -0.2) is 37.7 Å². The van der Waals surface area contributed by atoms with Crippen molar-refractivity contribution < 1.29 is 23.9 Å². The summed E-state index contributed by atoms with van der Waals surface area (Å²) >= 11 is 6.00. The van der Waals surface area contributed by atoms with Crippen LogP contribution in [0.1, 0.15) is 18.9 Å². The van der Waals surface area contributed by atoms with E-state index < -0.39 is 24.0 Å². The number of anilines is 1. The van der Waals surface area contributed by atoms with E-state index in [0.29, 0.717) is 16.5 Å². The average Bonchev–Trinajstić information content (AvgIpc) is 2.50. The first-order valence-corrected chi connectivity index (χ1v) is 7.50. The van der Waals surface area contributed by atoms with Crippen molar-refractivity contribution in [2.24, 2.45) is 5.73 Å². The van der Waals surface area contributed by atoms with Gasteiger partial charge in [-0.15, -0.1) is 0 Å². The summed E-state index contributed by atoms with van der Waals surface area (Å²) < 4.78 is 10.1. The van der Waals surface area contributed by atoms with Gasteiger partial charge in [-0.05, 0) is 25.5 Å². The van der Waals surface area contributed by atoms with Crippen LogP contribution in [0.4, 0.5) is 10.5 Å². The molecular weight excluding hydrogens is 338 g/mol. The predicted octanol–water partition coefficient (Wildman–Crippen LogP) is 1.59. The smallest absolute Gasteiger partial charge is 0.312 e. The van der Waals surface area contributed by atoms with Crippen molar-refractivity contribution in [1.29, 1.82) is 0 Å². The molecule has 8 nitrogen and oxygen atoms in total. The Kier molecular flexibility index (Phi) is 7.31. The molecule has 0 unspecified atom stereocenters. The fourth-order valence-electron chi connectivity index (χ4n) is 1.76. The molecule has 1 atom stereocenters. The molecule has 132 valence electrons. The molecule has 4 N–H and O–H groups in total. The summed E-state index contributed by atoms with van der Waals surface area (Å²) in [5, 5.41) is 5.38. The fraction of sp³-hybridized carbons (Fsp3) is 0.400. The number of carbonyl (C=O) groups is 3. The van der Waals surface area contributed by atoms with Crippen LogP contribution in [0, 0.1) is 6.92 Å². The number of hydrogen-bond donors (Lipinski definition) is 3. The molecular formula is C15H20ClN3O5. The van der Waals surface area contributed by atoms with Crippen molar-refractivity contribution >= 4 is 35.2 Å². The summed E-state index contributed by atoms with van der Waals surface area (Å²) in [5.74, 6) is -0.764. The van der Waals surface area contributed by atoms with Crippen LogP contribution in [0.25, 0.3) is 0 Å². The number of aryl methyl sites for hydroxylation is 1. The van der Waals surface area contributed by atoms with E-state index in [9.17, 15) is 14.4 Å². The molecule has 0 saturated carbocycles. The van der Waals surface area contributed by atoms with Crippen LogP contribution in [0.3, 0.4) is 0 Å². The fourth-order valence-corrected chi connectivity index (χ4v) is 1.92. The minimum atomic E-state index is -1.02. The number of esters is 1. The first kappa shape index (κ1) is 19.6. The molecule has 0 radical (unpaired) electrons. The summed E-state index contributed by atoms with van der Waals surface area (Å²) in [6.45, 7) is 3.25. The first-order chi connectivity index (χ1) is 11.2. The van der Waals surface area contributed by atoms with Gasteiger partial charge in [0.05, 0.1) is 19.2 Å². The number of hydrogen-bond acceptors (Lipinski definition) is 5. The van der Waals surface area contributed by atoms with Crippen molar-refractivity contribution in [2.45, 2.75) is 26.4 Å². The molecule has 0 fully saturated rings. The van der Waals surface area contributed by atoms with Crippen LogP contribution in [0.5, 0.6) is 5.75 Å². The normalized spacial score (nSPS) is 11.3. The zero-order valence-corrected chi connectivity index (χ0v) is 14.4. The van der Waals surface area contributed by atoms with Gasteiger partial charge in [-0.25, -0.2) is 4.79 Å². The highest BCUT2D eigenvalue weighted by Gasteiger charge is 2.19. The maximum atomic E-state index is 12.1. The number of carbonyl (C=O) groups excluding carboxylic acids is 3. The van der Waals surface area contributed by atoms with Gasteiger partial charge in [0, 0.05) is 17.6 Å². The van der Waals surface area contributed by atoms with Gasteiger partial charge < -0.3 is 25.8 Å². The van der Waals surface area contributed by atoms with Crippen LogP contribution < -0.4 is 21.1 Å². The van der Waals surface area contributed by atoms with E-state index in [0.717, 1.165) is 5.56 Å². The van der Waals surface area contributed by atoms with Crippen molar-refractivity contribution in [1.82, 2.24) is 5.32 Å². The largest absolute Gasteiger partial charge is 0.495 e. The topological polar surface area (TPSA) is 120 Å².